The number of hydrogen-bond acceptors (Lipinski definition) is 6. The molecule has 29 heavy (non-hydrogen) atoms. The van der Waals surface area contributed by atoms with Gasteiger partial charge in [0.25, 0.3) is 5.91 Å². The molecule has 2 aromatic rings. The van der Waals surface area contributed by atoms with E-state index in [0.717, 1.165) is 12.3 Å². The Kier molecular flexibility index (Phi) is 9.15. The van der Waals surface area contributed by atoms with E-state index in [1.807, 2.05) is 19.1 Å². The molecule has 0 fully saturated rings. The quantitative estimate of drug-likeness (QED) is 0.547. The van der Waals surface area contributed by atoms with E-state index in [4.69, 9.17) is 13.9 Å². The molecule has 1 atom stereocenters. The molecular formula is C22H33N3O4. The Hall–Kier alpha value is -2.38. The molecule has 0 saturated carbocycles. The van der Waals surface area contributed by atoms with Crippen LogP contribution in [0.15, 0.2) is 34.9 Å². The van der Waals surface area contributed by atoms with E-state index in [9.17, 15) is 4.79 Å². The average Bonchev–Trinajstić information content (AvgIpc) is 3.17. The van der Waals surface area contributed by atoms with Gasteiger partial charge in [0.2, 0.25) is 5.89 Å². The van der Waals surface area contributed by atoms with Crippen molar-refractivity contribution in [3.05, 3.63) is 47.7 Å². The van der Waals surface area contributed by atoms with Crippen LogP contribution in [0.5, 0.6) is 5.75 Å². The lowest BCUT2D eigenvalue weighted by Crippen LogP contribution is -2.36. The zero-order chi connectivity index (χ0) is 21.2. The SMILES string of the molecule is CCOc1ccc(CN(Cc2nc(C(=O)NCCOC)co2)C(C)C(C)C)cc1. The van der Waals surface area contributed by atoms with Crippen molar-refractivity contribution < 1.29 is 18.7 Å². The van der Waals surface area contributed by atoms with Crippen LogP contribution in [0, 0.1) is 5.92 Å². The number of amides is 1. The highest BCUT2D eigenvalue weighted by molar-refractivity contribution is 5.91. The molecule has 2 rings (SSSR count). The normalized spacial score (nSPS) is 12.4. The van der Waals surface area contributed by atoms with Crippen molar-refractivity contribution in [2.75, 3.05) is 26.9 Å². The number of hydrogen-bond donors (Lipinski definition) is 1. The lowest BCUT2D eigenvalue weighted by atomic mass is 10.0. The molecule has 0 aliphatic heterocycles. The van der Waals surface area contributed by atoms with Gasteiger partial charge in [-0.1, -0.05) is 26.0 Å². The average molecular weight is 404 g/mol. The first-order valence-corrected chi connectivity index (χ1v) is 10.1. The van der Waals surface area contributed by atoms with Gasteiger partial charge in [-0.25, -0.2) is 4.98 Å². The van der Waals surface area contributed by atoms with Crippen molar-refractivity contribution in [2.24, 2.45) is 5.92 Å². The minimum absolute atomic E-state index is 0.257. The van der Waals surface area contributed by atoms with Gasteiger partial charge in [0, 0.05) is 26.2 Å². The Labute approximate surface area is 173 Å². The Morgan fingerprint density at radius 2 is 1.93 bits per heavy atom. The molecule has 0 spiro atoms. The molecule has 0 aliphatic rings. The van der Waals surface area contributed by atoms with Gasteiger partial charge in [-0.15, -0.1) is 0 Å². The van der Waals surface area contributed by atoms with Gasteiger partial charge in [-0.3, -0.25) is 9.69 Å². The van der Waals surface area contributed by atoms with Crippen molar-refractivity contribution in [3.63, 3.8) is 0 Å². The lowest BCUT2D eigenvalue weighted by Gasteiger charge is -2.30. The van der Waals surface area contributed by atoms with Crippen LogP contribution in [-0.2, 0) is 17.8 Å². The summed E-state index contributed by atoms with van der Waals surface area (Å²) in [5, 5.41) is 2.75. The third-order valence-electron chi connectivity index (χ3n) is 4.88. The fourth-order valence-corrected chi connectivity index (χ4v) is 2.88. The first-order chi connectivity index (χ1) is 13.9. The molecule has 7 heteroatoms. The van der Waals surface area contributed by atoms with E-state index >= 15 is 0 Å². The fraction of sp³-hybridized carbons (Fsp3) is 0.545. The van der Waals surface area contributed by atoms with Crippen molar-refractivity contribution in [1.82, 2.24) is 15.2 Å². The monoisotopic (exact) mass is 403 g/mol. The highest BCUT2D eigenvalue weighted by Gasteiger charge is 2.21. The van der Waals surface area contributed by atoms with E-state index in [1.165, 1.54) is 11.8 Å². The third kappa shape index (κ3) is 7.18. The summed E-state index contributed by atoms with van der Waals surface area (Å²) < 4.78 is 16.0. The van der Waals surface area contributed by atoms with Crippen LogP contribution in [0.2, 0.25) is 0 Å². The maximum atomic E-state index is 12.1. The highest BCUT2D eigenvalue weighted by atomic mass is 16.5. The second-order valence-corrected chi connectivity index (χ2v) is 7.34. The summed E-state index contributed by atoms with van der Waals surface area (Å²) in [6.07, 6.45) is 1.41. The van der Waals surface area contributed by atoms with Crippen molar-refractivity contribution in [2.45, 2.75) is 46.8 Å². The van der Waals surface area contributed by atoms with E-state index in [1.54, 1.807) is 7.11 Å². The fourth-order valence-electron chi connectivity index (χ4n) is 2.88. The van der Waals surface area contributed by atoms with E-state index < -0.39 is 0 Å². The summed E-state index contributed by atoms with van der Waals surface area (Å²) in [5.74, 6) is 1.60. The third-order valence-corrected chi connectivity index (χ3v) is 4.88. The zero-order valence-electron chi connectivity index (χ0n) is 18.1. The number of methoxy groups -OCH3 is 1. The first-order valence-electron chi connectivity index (χ1n) is 10.1. The molecule has 1 unspecified atom stereocenters. The number of nitrogens with one attached hydrogen (secondary N) is 1. The lowest BCUT2D eigenvalue weighted by molar-refractivity contribution is 0.0932. The van der Waals surface area contributed by atoms with Crippen LogP contribution < -0.4 is 10.1 Å². The molecule has 1 aromatic heterocycles. The largest absolute Gasteiger partial charge is 0.494 e. The topological polar surface area (TPSA) is 76.8 Å². The Morgan fingerprint density at radius 1 is 1.21 bits per heavy atom. The van der Waals surface area contributed by atoms with Crippen molar-refractivity contribution in [1.29, 1.82) is 0 Å². The van der Waals surface area contributed by atoms with Crippen molar-refractivity contribution in [3.8, 4) is 5.75 Å². The highest BCUT2D eigenvalue weighted by Crippen LogP contribution is 2.20. The summed E-state index contributed by atoms with van der Waals surface area (Å²) in [6, 6.07) is 8.45. The number of carbonyl (C=O) groups excluding carboxylic acids is 1. The molecule has 1 amide bonds. The molecule has 1 heterocycles. The number of ether oxygens (including phenoxy) is 2. The van der Waals surface area contributed by atoms with E-state index in [0.29, 0.717) is 44.2 Å². The number of carbonyl (C=O) groups is 1. The van der Waals surface area contributed by atoms with Crippen LogP contribution in [-0.4, -0.2) is 48.7 Å². The van der Waals surface area contributed by atoms with Gasteiger partial charge in [-0.05, 0) is 37.5 Å². The molecule has 7 nitrogen and oxygen atoms in total. The smallest absolute Gasteiger partial charge is 0.273 e. The maximum absolute atomic E-state index is 12.1. The molecule has 160 valence electrons. The summed E-state index contributed by atoms with van der Waals surface area (Å²) in [7, 11) is 1.59. The number of rotatable bonds is 12. The molecule has 1 N–H and O–H groups in total. The number of oxazole rings is 1. The van der Waals surface area contributed by atoms with Crippen molar-refractivity contribution >= 4 is 5.91 Å². The maximum Gasteiger partial charge on any atom is 0.273 e. The van der Waals surface area contributed by atoms with Crippen LogP contribution >= 0.6 is 0 Å². The summed E-state index contributed by atoms with van der Waals surface area (Å²) in [6.45, 7) is 11.4. The molecule has 1 aromatic carbocycles. The predicted octanol–water partition coefficient (Wildman–Crippen LogP) is 3.50. The van der Waals surface area contributed by atoms with Crippen LogP contribution in [0.4, 0.5) is 0 Å². The Balaban J connectivity index is 2.06. The Morgan fingerprint density at radius 3 is 2.55 bits per heavy atom. The minimum atomic E-state index is -0.257. The summed E-state index contributed by atoms with van der Waals surface area (Å²) >= 11 is 0. The second-order valence-electron chi connectivity index (χ2n) is 7.34. The van der Waals surface area contributed by atoms with Crippen LogP contribution in [0.25, 0.3) is 0 Å². The van der Waals surface area contributed by atoms with Gasteiger partial charge >= 0.3 is 0 Å². The number of nitrogens with zero attached hydrogens (tertiary/aromatic N) is 2. The van der Waals surface area contributed by atoms with Gasteiger partial charge < -0.3 is 19.2 Å². The molecule has 0 aliphatic carbocycles. The van der Waals surface area contributed by atoms with E-state index in [-0.39, 0.29) is 11.6 Å². The number of aromatic nitrogens is 1. The van der Waals surface area contributed by atoms with Gasteiger partial charge in [0.05, 0.1) is 19.8 Å². The molecule has 0 saturated heterocycles. The minimum Gasteiger partial charge on any atom is -0.494 e. The molecule has 0 radical (unpaired) electrons. The Bertz CT molecular complexity index is 743. The zero-order valence-corrected chi connectivity index (χ0v) is 18.1. The first kappa shape index (κ1) is 22.9. The summed E-state index contributed by atoms with van der Waals surface area (Å²) in [4.78, 5) is 18.8. The van der Waals surface area contributed by atoms with Crippen LogP contribution in [0.1, 0.15) is 49.6 Å². The second kappa shape index (κ2) is 11.6. The standard InChI is InChI=1S/C22H33N3O4/c1-6-28-19-9-7-18(8-10-19)13-25(17(4)16(2)3)14-21-24-20(15-29-21)22(26)23-11-12-27-5/h7-10,15-17H,6,11-14H2,1-5H3,(H,23,26). The molecular weight excluding hydrogens is 370 g/mol. The van der Waals surface area contributed by atoms with Gasteiger partial charge in [-0.2, -0.15) is 0 Å². The number of benzene rings is 1. The summed E-state index contributed by atoms with van der Waals surface area (Å²) in [5.41, 5.74) is 1.47. The molecule has 0 bridgehead atoms. The van der Waals surface area contributed by atoms with Gasteiger partial charge in [0.15, 0.2) is 5.69 Å². The predicted molar refractivity (Wildman–Crippen MR) is 112 cm³/mol. The van der Waals surface area contributed by atoms with Gasteiger partial charge in [0.1, 0.15) is 12.0 Å². The van der Waals surface area contributed by atoms with Crippen LogP contribution in [0.3, 0.4) is 0 Å². The van der Waals surface area contributed by atoms with E-state index in [2.05, 4.69) is 48.1 Å².